The van der Waals surface area contributed by atoms with Gasteiger partial charge in [0.25, 0.3) is 0 Å². The van der Waals surface area contributed by atoms with Gasteiger partial charge in [-0.25, -0.2) is 0 Å². The second-order valence-electron chi connectivity index (χ2n) is 10.6. The highest BCUT2D eigenvalue weighted by Crippen LogP contribution is 2.51. The Hall–Kier alpha value is -0.440. The molecule has 4 saturated heterocycles. The van der Waals surface area contributed by atoms with Crippen molar-refractivity contribution >= 4 is 0 Å². The largest absolute Gasteiger partial charge is 0.388 e. The molecule has 0 aromatic carbocycles. The summed E-state index contributed by atoms with van der Waals surface area (Å²) < 4.78 is 29.1. The minimum atomic E-state index is -1.55. The molecular formula is C22H38O11. The highest BCUT2D eigenvalue weighted by Gasteiger charge is 2.56. The molecule has 0 unspecified atom stereocenters. The van der Waals surface area contributed by atoms with Crippen LogP contribution in [0.4, 0.5) is 0 Å². The highest BCUT2D eigenvalue weighted by atomic mass is 16.7. The molecule has 2 bridgehead atoms. The minimum absolute atomic E-state index is 0.277. The van der Waals surface area contributed by atoms with Crippen LogP contribution in [0.2, 0.25) is 0 Å². The van der Waals surface area contributed by atoms with Crippen molar-refractivity contribution in [2.24, 2.45) is 5.92 Å². The molecule has 4 aliphatic heterocycles. The summed E-state index contributed by atoms with van der Waals surface area (Å²) >= 11 is 0. The van der Waals surface area contributed by atoms with E-state index in [0.717, 1.165) is 19.3 Å². The predicted octanol–water partition coefficient (Wildman–Crippen LogP) is -1.61. The van der Waals surface area contributed by atoms with Crippen molar-refractivity contribution in [3.05, 3.63) is 0 Å². The summed E-state index contributed by atoms with van der Waals surface area (Å²) in [4.78, 5) is 0. The molecule has 5 rings (SSSR count). The fraction of sp³-hybridized carbons (Fsp3) is 1.00. The second kappa shape index (κ2) is 9.21. The van der Waals surface area contributed by atoms with E-state index in [4.69, 9.17) is 23.7 Å². The van der Waals surface area contributed by atoms with Crippen molar-refractivity contribution in [1.29, 1.82) is 0 Å². The number of rotatable bonds is 5. The maximum absolute atomic E-state index is 10.5. The summed E-state index contributed by atoms with van der Waals surface area (Å²) in [6, 6.07) is 0. The Morgan fingerprint density at radius 3 is 2.09 bits per heavy atom. The summed E-state index contributed by atoms with van der Waals surface area (Å²) in [6.07, 6.45) is -11.0. The van der Waals surface area contributed by atoms with Gasteiger partial charge in [-0.2, -0.15) is 0 Å². The number of ether oxygens (including phenoxy) is 5. The standard InChI is InChI=1S/C22H38O11/c1-9-13(23)15(25)17(27)19(30-9)29-8-11-14(24)16(26)18(28)20(31-11)32-12-7-10-5-6-22(12,4)33-21(10,2)3/h9-20,23-28H,5-8H2,1-4H3/t9-,10+,11+,12-,13-,14+,15+,16-,17+,18+,19+,20-,22-/m0/s1. The van der Waals surface area contributed by atoms with Crippen molar-refractivity contribution in [3.63, 3.8) is 0 Å². The first-order valence-corrected chi connectivity index (χ1v) is 11.7. The quantitative estimate of drug-likeness (QED) is 0.269. The zero-order valence-corrected chi connectivity index (χ0v) is 19.5. The molecule has 4 heterocycles. The van der Waals surface area contributed by atoms with Crippen molar-refractivity contribution in [2.45, 2.75) is 126 Å². The number of fused-ring (bicyclic) bond motifs is 3. The van der Waals surface area contributed by atoms with Gasteiger partial charge in [-0.05, 0) is 52.9 Å². The molecule has 11 heteroatoms. The van der Waals surface area contributed by atoms with Crippen molar-refractivity contribution in [2.75, 3.05) is 6.61 Å². The Kier molecular flexibility index (Phi) is 7.16. The van der Waals surface area contributed by atoms with Gasteiger partial charge in [-0.3, -0.25) is 0 Å². The monoisotopic (exact) mass is 478 g/mol. The van der Waals surface area contributed by atoms with Crippen LogP contribution in [0.15, 0.2) is 0 Å². The molecule has 5 aliphatic rings. The molecule has 33 heavy (non-hydrogen) atoms. The van der Waals surface area contributed by atoms with Gasteiger partial charge >= 0.3 is 0 Å². The van der Waals surface area contributed by atoms with Gasteiger partial charge in [0.15, 0.2) is 12.6 Å². The van der Waals surface area contributed by atoms with E-state index in [2.05, 4.69) is 13.8 Å². The lowest BCUT2D eigenvalue weighted by Crippen LogP contribution is -2.65. The summed E-state index contributed by atoms with van der Waals surface area (Å²) in [7, 11) is 0. The molecule has 1 aliphatic carbocycles. The number of hydrogen-bond donors (Lipinski definition) is 6. The molecule has 13 atom stereocenters. The fourth-order valence-electron chi connectivity index (χ4n) is 5.55. The third-order valence-electron chi connectivity index (χ3n) is 7.85. The predicted molar refractivity (Wildman–Crippen MR) is 111 cm³/mol. The maximum atomic E-state index is 10.5. The van der Waals surface area contributed by atoms with Crippen molar-refractivity contribution in [3.8, 4) is 0 Å². The molecule has 0 aromatic rings. The molecular weight excluding hydrogens is 440 g/mol. The smallest absolute Gasteiger partial charge is 0.187 e. The minimum Gasteiger partial charge on any atom is -0.388 e. The number of aliphatic hydroxyl groups excluding tert-OH is 6. The maximum Gasteiger partial charge on any atom is 0.187 e. The fourth-order valence-corrected chi connectivity index (χ4v) is 5.55. The van der Waals surface area contributed by atoms with Crippen LogP contribution in [-0.4, -0.2) is 116 Å². The molecule has 192 valence electrons. The van der Waals surface area contributed by atoms with Crippen LogP contribution in [0.25, 0.3) is 0 Å². The van der Waals surface area contributed by atoms with Gasteiger partial charge in [-0.1, -0.05) is 0 Å². The van der Waals surface area contributed by atoms with E-state index in [0.29, 0.717) is 0 Å². The van der Waals surface area contributed by atoms with Gasteiger partial charge in [-0.15, -0.1) is 0 Å². The van der Waals surface area contributed by atoms with Crippen LogP contribution in [0.5, 0.6) is 0 Å². The summed E-state index contributed by atoms with van der Waals surface area (Å²) in [5, 5.41) is 61.2. The lowest BCUT2D eigenvalue weighted by Gasteiger charge is -2.58. The summed E-state index contributed by atoms with van der Waals surface area (Å²) in [5.41, 5.74) is -0.845. The lowest BCUT2D eigenvalue weighted by atomic mass is 9.67. The number of aliphatic hydroxyl groups is 6. The van der Waals surface area contributed by atoms with Crippen LogP contribution < -0.4 is 0 Å². The number of hydrogen-bond acceptors (Lipinski definition) is 11. The van der Waals surface area contributed by atoms with Gasteiger partial charge in [0.1, 0.15) is 42.7 Å². The zero-order chi connectivity index (χ0) is 24.3. The molecule has 5 fully saturated rings. The van der Waals surface area contributed by atoms with Gasteiger partial charge in [0.05, 0.1) is 30.0 Å². The van der Waals surface area contributed by atoms with Crippen molar-refractivity contribution in [1.82, 2.24) is 0 Å². The zero-order valence-electron chi connectivity index (χ0n) is 19.5. The Balaban J connectivity index is 1.39. The lowest BCUT2D eigenvalue weighted by molar-refractivity contribution is -0.360. The van der Waals surface area contributed by atoms with E-state index in [9.17, 15) is 30.6 Å². The van der Waals surface area contributed by atoms with E-state index in [1.165, 1.54) is 6.92 Å². The summed E-state index contributed by atoms with van der Waals surface area (Å²) in [6.45, 7) is 7.29. The van der Waals surface area contributed by atoms with Crippen LogP contribution in [0, 0.1) is 5.92 Å². The van der Waals surface area contributed by atoms with E-state index >= 15 is 0 Å². The molecule has 0 spiro atoms. The van der Waals surface area contributed by atoms with E-state index in [1.807, 2.05) is 6.92 Å². The van der Waals surface area contributed by atoms with Crippen LogP contribution in [0.3, 0.4) is 0 Å². The molecule has 0 amide bonds. The topological polar surface area (TPSA) is 168 Å². The Labute approximate surface area is 193 Å². The SMILES string of the molecule is C[C@@H]1O[C@@H](OC[C@H]2O[C@@H](O[C@H]3C[C@H]4CC[C@]3(C)OC4(C)C)[C@H](O)[C@@H](O)[C@@H]2O)[C@H](O)[C@H](O)[C@H]1O. The molecule has 6 N–H and O–H groups in total. The molecule has 1 saturated carbocycles. The van der Waals surface area contributed by atoms with Crippen LogP contribution in [0.1, 0.15) is 47.0 Å². The highest BCUT2D eigenvalue weighted by molar-refractivity contribution is 5.04. The average molecular weight is 479 g/mol. The molecule has 0 aromatic heterocycles. The molecule has 0 radical (unpaired) electrons. The van der Waals surface area contributed by atoms with Gasteiger partial charge in [0.2, 0.25) is 0 Å². The van der Waals surface area contributed by atoms with E-state index < -0.39 is 67.0 Å². The first-order valence-electron chi connectivity index (χ1n) is 11.7. The Morgan fingerprint density at radius 1 is 0.818 bits per heavy atom. The van der Waals surface area contributed by atoms with Gasteiger partial charge in [0, 0.05) is 0 Å². The summed E-state index contributed by atoms with van der Waals surface area (Å²) in [5.74, 6) is 0.286. The first-order chi connectivity index (χ1) is 15.3. The van der Waals surface area contributed by atoms with Gasteiger partial charge < -0.3 is 54.3 Å². The van der Waals surface area contributed by atoms with Crippen molar-refractivity contribution < 1.29 is 54.3 Å². The Bertz CT molecular complexity index is 691. The molecule has 11 nitrogen and oxygen atoms in total. The van der Waals surface area contributed by atoms with Crippen LogP contribution in [-0.2, 0) is 23.7 Å². The van der Waals surface area contributed by atoms with E-state index in [-0.39, 0.29) is 24.2 Å². The normalized spacial score (nSPS) is 54.4. The Morgan fingerprint density at radius 2 is 1.45 bits per heavy atom. The average Bonchev–Trinajstić information content (AvgIpc) is 2.75. The third kappa shape index (κ3) is 4.70. The second-order valence-corrected chi connectivity index (χ2v) is 10.6. The van der Waals surface area contributed by atoms with Crippen LogP contribution >= 0.6 is 0 Å². The van der Waals surface area contributed by atoms with E-state index in [1.54, 1.807) is 0 Å². The third-order valence-corrected chi connectivity index (χ3v) is 7.85. The first kappa shape index (κ1) is 25.6.